The lowest BCUT2D eigenvalue weighted by atomic mass is 9.73. The molecule has 5 fully saturated rings. The van der Waals surface area contributed by atoms with Crippen LogP contribution in [-0.4, -0.2) is 77.9 Å². The summed E-state index contributed by atoms with van der Waals surface area (Å²) in [6.07, 6.45) is 7.04. The molecule has 0 aromatic rings. The van der Waals surface area contributed by atoms with Crippen molar-refractivity contribution in [1.82, 2.24) is 20.9 Å². The average Bonchev–Trinajstić information content (AvgIpc) is 3.06. The molecule has 11 nitrogen and oxygen atoms in total. The summed E-state index contributed by atoms with van der Waals surface area (Å²) >= 11 is 0. The molecule has 5 rings (SSSR count). The second-order valence-corrected chi connectivity index (χ2v) is 15.6. The van der Waals surface area contributed by atoms with Gasteiger partial charge in [-0.3, -0.25) is 19.2 Å². The monoisotopic (exact) mass is 587 g/mol. The number of urea groups is 1. The lowest BCUT2D eigenvalue weighted by Crippen LogP contribution is -2.65. The van der Waals surface area contributed by atoms with Crippen LogP contribution in [0.25, 0.3) is 0 Å². The first-order chi connectivity index (χ1) is 19.5. The van der Waals surface area contributed by atoms with Gasteiger partial charge in [-0.05, 0) is 54.8 Å². The molecule has 0 bridgehead atoms. The second kappa shape index (κ2) is 10.2. The summed E-state index contributed by atoms with van der Waals surface area (Å²) in [6.45, 7) is 13.2. The van der Waals surface area contributed by atoms with E-state index in [9.17, 15) is 24.0 Å². The Balaban J connectivity index is 1.41. The molecule has 3 aliphatic carbocycles. The number of rotatable bonds is 9. The molecule has 2 aliphatic heterocycles. The minimum atomic E-state index is -1.07. The van der Waals surface area contributed by atoms with Gasteiger partial charge in [0, 0.05) is 12.0 Å². The van der Waals surface area contributed by atoms with Gasteiger partial charge in [0.2, 0.25) is 17.6 Å². The van der Waals surface area contributed by atoms with E-state index in [1.807, 2.05) is 27.7 Å². The minimum Gasteiger partial charge on any atom is -0.376 e. The van der Waals surface area contributed by atoms with Crippen LogP contribution >= 0.6 is 0 Å². The van der Waals surface area contributed by atoms with Gasteiger partial charge in [0.15, 0.2) is 0 Å². The van der Waals surface area contributed by atoms with Crippen LogP contribution in [0.3, 0.4) is 0 Å². The Morgan fingerprint density at radius 3 is 2.05 bits per heavy atom. The fraction of sp³-hybridized carbons (Fsp3) is 0.839. The van der Waals surface area contributed by atoms with Crippen molar-refractivity contribution in [3.05, 3.63) is 0 Å². The van der Waals surface area contributed by atoms with Crippen molar-refractivity contribution >= 4 is 29.5 Å². The number of carbonyl (C=O) groups excluding carboxylic acids is 5. The molecule has 0 radical (unpaired) electrons. The third-order valence-corrected chi connectivity index (χ3v) is 11.7. The Hall–Kier alpha value is -2.69. The molecule has 4 atom stereocenters. The number of nitrogens with two attached hydrogens (primary N) is 1. The molecule has 0 aromatic heterocycles. The van der Waals surface area contributed by atoms with Crippen molar-refractivity contribution in [2.45, 2.75) is 117 Å². The summed E-state index contributed by atoms with van der Waals surface area (Å²) in [5.74, 6) is -2.38. The maximum absolute atomic E-state index is 14.4. The molecule has 2 saturated heterocycles. The molecule has 0 aromatic carbocycles. The normalized spacial score (nSPS) is 29.9. The molecule has 42 heavy (non-hydrogen) atoms. The summed E-state index contributed by atoms with van der Waals surface area (Å²) in [6, 6.07) is -3.19. The number of ether oxygens (including phenoxy) is 1. The molecule has 2 spiro atoms. The fourth-order valence-corrected chi connectivity index (χ4v) is 8.53. The van der Waals surface area contributed by atoms with E-state index in [1.165, 1.54) is 0 Å². The zero-order chi connectivity index (χ0) is 30.9. The van der Waals surface area contributed by atoms with Gasteiger partial charge in [0.25, 0.3) is 5.91 Å². The standard InChI is InChI=1S/C31H49N5O6/c1-27(2,3)22(34-26(41)35-29(6)16-42-17-29)25(40)36-15-31(28(4,5)30(31)11-8-12-30)14-20(36)24(39)33-19(21(37)23(32)38)13-18-9-7-10-18/h18-20,22H,7-17H2,1-6H3,(H2,32,38)(H,33,39)(H2,34,35,41)/t19?,20-,22+,31+/m0/s1. The SMILES string of the molecule is CC1(NC(=O)N[C@H](C(=O)N2C[C@]3(C[C@H]2C(=O)NC(CC2CCC2)C(=O)C(N)=O)C(C)(C)C32CCC2)C(C)(C)C)COC1. The lowest BCUT2D eigenvalue weighted by Gasteiger charge is -2.40. The van der Waals surface area contributed by atoms with Crippen molar-refractivity contribution in [2.75, 3.05) is 19.8 Å². The number of fused-ring (bicyclic) bond motifs is 1. The van der Waals surface area contributed by atoms with Crippen molar-refractivity contribution in [1.29, 1.82) is 0 Å². The van der Waals surface area contributed by atoms with E-state index in [0.717, 1.165) is 38.5 Å². The Kier molecular flexibility index (Phi) is 7.47. The molecule has 11 heteroatoms. The molecular formula is C31H49N5O6. The molecule has 2 heterocycles. The van der Waals surface area contributed by atoms with Gasteiger partial charge in [-0.2, -0.15) is 0 Å². The summed E-state index contributed by atoms with van der Waals surface area (Å²) in [5, 5.41) is 8.67. The van der Waals surface area contributed by atoms with Gasteiger partial charge in [-0.25, -0.2) is 4.79 Å². The molecule has 5 aliphatic rings. The lowest BCUT2D eigenvalue weighted by molar-refractivity contribution is -0.143. The highest BCUT2D eigenvalue weighted by Crippen LogP contribution is 2.88. The zero-order valence-corrected chi connectivity index (χ0v) is 26.1. The van der Waals surface area contributed by atoms with Gasteiger partial charge in [-0.15, -0.1) is 0 Å². The second-order valence-electron chi connectivity index (χ2n) is 15.6. The van der Waals surface area contributed by atoms with Gasteiger partial charge in [0.1, 0.15) is 12.1 Å². The van der Waals surface area contributed by atoms with E-state index in [0.29, 0.717) is 32.6 Å². The fourth-order valence-electron chi connectivity index (χ4n) is 8.53. The van der Waals surface area contributed by atoms with Crippen LogP contribution in [0.1, 0.15) is 92.9 Å². The quantitative estimate of drug-likeness (QED) is 0.302. The third-order valence-electron chi connectivity index (χ3n) is 11.7. The van der Waals surface area contributed by atoms with E-state index < -0.39 is 52.7 Å². The number of carbonyl (C=O) groups is 5. The molecule has 234 valence electrons. The number of nitrogens with zero attached hydrogens (tertiary/aromatic N) is 1. The third kappa shape index (κ3) is 4.79. The first kappa shape index (κ1) is 30.8. The Bertz CT molecular complexity index is 1160. The summed E-state index contributed by atoms with van der Waals surface area (Å²) in [7, 11) is 0. The van der Waals surface area contributed by atoms with Gasteiger partial charge in [0.05, 0.1) is 24.8 Å². The number of amides is 5. The Morgan fingerprint density at radius 2 is 1.62 bits per heavy atom. The average molecular weight is 588 g/mol. The van der Waals surface area contributed by atoms with E-state index in [1.54, 1.807) is 4.90 Å². The van der Waals surface area contributed by atoms with Crippen LogP contribution in [0.4, 0.5) is 4.79 Å². The van der Waals surface area contributed by atoms with Gasteiger partial charge < -0.3 is 31.3 Å². The largest absolute Gasteiger partial charge is 0.376 e. The molecule has 5 amide bonds. The minimum absolute atomic E-state index is 0.0545. The van der Waals surface area contributed by atoms with Crippen LogP contribution < -0.4 is 21.7 Å². The highest BCUT2D eigenvalue weighted by molar-refractivity contribution is 6.37. The van der Waals surface area contributed by atoms with Crippen LogP contribution in [-0.2, 0) is 23.9 Å². The highest BCUT2D eigenvalue weighted by Gasteiger charge is 2.85. The Labute approximate surface area is 248 Å². The molecular weight excluding hydrogens is 538 g/mol. The number of hydrogen-bond donors (Lipinski definition) is 4. The number of likely N-dealkylation sites (tertiary alicyclic amines) is 1. The van der Waals surface area contributed by atoms with Crippen LogP contribution in [0.2, 0.25) is 0 Å². The van der Waals surface area contributed by atoms with Crippen LogP contribution in [0.15, 0.2) is 0 Å². The maximum Gasteiger partial charge on any atom is 0.316 e. The zero-order valence-electron chi connectivity index (χ0n) is 26.1. The number of primary amides is 1. The van der Waals surface area contributed by atoms with Gasteiger partial charge >= 0.3 is 6.03 Å². The van der Waals surface area contributed by atoms with E-state index in [4.69, 9.17) is 10.5 Å². The smallest absolute Gasteiger partial charge is 0.316 e. The topological polar surface area (TPSA) is 160 Å². The van der Waals surface area contributed by atoms with Crippen molar-refractivity contribution < 1.29 is 28.7 Å². The predicted octanol–water partition coefficient (Wildman–Crippen LogP) is 2.02. The van der Waals surface area contributed by atoms with Crippen LogP contribution in [0, 0.1) is 27.6 Å². The van der Waals surface area contributed by atoms with Crippen molar-refractivity contribution in [2.24, 2.45) is 33.3 Å². The summed E-state index contributed by atoms with van der Waals surface area (Å²) < 4.78 is 5.25. The Morgan fingerprint density at radius 1 is 0.976 bits per heavy atom. The van der Waals surface area contributed by atoms with E-state index >= 15 is 0 Å². The first-order valence-electron chi connectivity index (χ1n) is 15.6. The summed E-state index contributed by atoms with van der Waals surface area (Å²) in [5.41, 5.74) is 4.01. The summed E-state index contributed by atoms with van der Waals surface area (Å²) in [4.78, 5) is 67.8. The molecule has 5 N–H and O–H groups in total. The first-order valence-corrected chi connectivity index (χ1v) is 15.6. The highest BCUT2D eigenvalue weighted by atomic mass is 16.5. The number of Topliss-reactive ketones (excluding diaryl/α,β-unsaturated/α-hetero) is 1. The van der Waals surface area contributed by atoms with E-state index in [-0.39, 0.29) is 28.1 Å². The molecule has 3 saturated carbocycles. The number of hydrogen-bond acceptors (Lipinski definition) is 6. The maximum atomic E-state index is 14.4. The van der Waals surface area contributed by atoms with Crippen LogP contribution in [0.5, 0.6) is 0 Å². The number of ketones is 1. The van der Waals surface area contributed by atoms with Crippen molar-refractivity contribution in [3.63, 3.8) is 0 Å². The molecule has 1 unspecified atom stereocenters. The van der Waals surface area contributed by atoms with E-state index in [2.05, 4.69) is 29.8 Å². The van der Waals surface area contributed by atoms with Gasteiger partial charge in [-0.1, -0.05) is 60.3 Å². The number of nitrogens with one attached hydrogen (secondary N) is 3. The van der Waals surface area contributed by atoms with Crippen molar-refractivity contribution in [3.8, 4) is 0 Å². The predicted molar refractivity (Wildman–Crippen MR) is 155 cm³/mol.